The number of halogens is 2. The number of nitrogens with two attached hydrogens (primary N) is 1. The molecule has 17 heavy (non-hydrogen) atoms. The second kappa shape index (κ2) is 7.80. The Bertz CT molecular complexity index is 356. The van der Waals surface area contributed by atoms with Crippen molar-refractivity contribution < 1.29 is 4.74 Å². The quantitative estimate of drug-likeness (QED) is 0.762. The van der Waals surface area contributed by atoms with Crippen LogP contribution in [0.25, 0.3) is 0 Å². The van der Waals surface area contributed by atoms with E-state index in [1.165, 1.54) is 6.42 Å². The third kappa shape index (κ3) is 4.74. The molecule has 0 fully saturated rings. The van der Waals surface area contributed by atoms with Crippen molar-refractivity contribution in [3.05, 3.63) is 27.7 Å². The summed E-state index contributed by atoms with van der Waals surface area (Å²) in [6, 6.07) is 3.58. The topological polar surface area (TPSA) is 35.2 Å². The molecule has 0 aliphatic rings. The lowest BCUT2D eigenvalue weighted by Crippen LogP contribution is -2.06. The summed E-state index contributed by atoms with van der Waals surface area (Å²) in [7, 11) is 0. The molecule has 0 unspecified atom stereocenters. The second-order valence-corrected chi connectivity index (χ2v) is 4.81. The van der Waals surface area contributed by atoms with E-state index in [0.29, 0.717) is 23.2 Å². The van der Waals surface area contributed by atoms with E-state index in [1.54, 1.807) is 6.07 Å². The Balaban J connectivity index is 2.73. The summed E-state index contributed by atoms with van der Waals surface area (Å²) < 4.78 is 5.73. The number of hydrogen-bond acceptors (Lipinski definition) is 2. The summed E-state index contributed by atoms with van der Waals surface area (Å²) in [5, 5.41) is 1.19. The minimum absolute atomic E-state index is 0.558. The Morgan fingerprint density at radius 1 is 1.24 bits per heavy atom. The summed E-state index contributed by atoms with van der Waals surface area (Å²) in [4.78, 5) is 0. The zero-order valence-corrected chi connectivity index (χ0v) is 11.7. The fraction of sp³-hybridized carbons (Fsp3) is 0.538. The van der Waals surface area contributed by atoms with Gasteiger partial charge in [0.15, 0.2) is 0 Å². The van der Waals surface area contributed by atoms with Crippen LogP contribution in [0, 0.1) is 0 Å². The molecule has 96 valence electrons. The van der Waals surface area contributed by atoms with E-state index < -0.39 is 0 Å². The normalized spacial score (nSPS) is 10.6. The molecule has 0 aliphatic carbocycles. The standard InChI is InChI=1S/C13H19Cl2NO/c1-2-3-4-7-17-13-10(5-6-16)8-11(14)9-12(13)15/h8-9H,2-7,16H2,1H3. The second-order valence-electron chi connectivity index (χ2n) is 3.97. The average Bonchev–Trinajstić information content (AvgIpc) is 2.27. The van der Waals surface area contributed by atoms with Crippen molar-refractivity contribution in [1.29, 1.82) is 0 Å². The van der Waals surface area contributed by atoms with Crippen LogP contribution < -0.4 is 10.5 Å². The van der Waals surface area contributed by atoms with Crippen LogP contribution in [0.3, 0.4) is 0 Å². The molecule has 0 bridgehead atoms. The largest absolute Gasteiger partial charge is 0.492 e. The fourth-order valence-electron chi connectivity index (χ4n) is 1.64. The molecular weight excluding hydrogens is 257 g/mol. The van der Waals surface area contributed by atoms with Crippen LogP contribution in [-0.4, -0.2) is 13.2 Å². The maximum Gasteiger partial charge on any atom is 0.141 e. The molecule has 2 N–H and O–H groups in total. The van der Waals surface area contributed by atoms with E-state index in [4.69, 9.17) is 33.7 Å². The van der Waals surface area contributed by atoms with Gasteiger partial charge in [-0.25, -0.2) is 0 Å². The highest BCUT2D eigenvalue weighted by atomic mass is 35.5. The van der Waals surface area contributed by atoms with Crippen molar-refractivity contribution in [3.63, 3.8) is 0 Å². The van der Waals surface area contributed by atoms with Gasteiger partial charge < -0.3 is 10.5 Å². The number of unbranched alkanes of at least 4 members (excludes halogenated alkanes) is 2. The number of hydrogen-bond donors (Lipinski definition) is 1. The molecular formula is C13H19Cl2NO. The molecule has 0 aliphatic heterocycles. The summed E-state index contributed by atoms with van der Waals surface area (Å²) in [6.45, 7) is 3.41. The van der Waals surface area contributed by atoms with Crippen molar-refractivity contribution >= 4 is 23.2 Å². The van der Waals surface area contributed by atoms with Gasteiger partial charge >= 0.3 is 0 Å². The molecule has 1 aromatic carbocycles. The molecule has 0 amide bonds. The van der Waals surface area contributed by atoms with Crippen molar-refractivity contribution in [2.75, 3.05) is 13.2 Å². The first kappa shape index (κ1) is 14.6. The molecule has 0 saturated carbocycles. The van der Waals surface area contributed by atoms with Crippen LogP contribution in [0.4, 0.5) is 0 Å². The Hall–Kier alpha value is -0.440. The molecule has 4 heteroatoms. The highest BCUT2D eigenvalue weighted by Crippen LogP contribution is 2.32. The molecule has 1 rings (SSSR count). The highest BCUT2D eigenvalue weighted by Gasteiger charge is 2.10. The number of benzene rings is 1. The van der Waals surface area contributed by atoms with E-state index in [9.17, 15) is 0 Å². The first-order valence-corrected chi connectivity index (χ1v) is 6.75. The molecule has 0 atom stereocenters. The van der Waals surface area contributed by atoms with Crippen molar-refractivity contribution in [2.45, 2.75) is 32.6 Å². The lowest BCUT2D eigenvalue weighted by molar-refractivity contribution is 0.303. The van der Waals surface area contributed by atoms with Gasteiger partial charge in [-0.05, 0) is 37.1 Å². The lowest BCUT2D eigenvalue weighted by Gasteiger charge is -2.13. The number of ether oxygens (including phenoxy) is 1. The summed E-state index contributed by atoms with van der Waals surface area (Å²) in [6.07, 6.45) is 4.10. The van der Waals surface area contributed by atoms with Crippen LogP contribution >= 0.6 is 23.2 Å². The zero-order chi connectivity index (χ0) is 12.7. The Morgan fingerprint density at radius 3 is 2.65 bits per heavy atom. The monoisotopic (exact) mass is 275 g/mol. The van der Waals surface area contributed by atoms with Crippen molar-refractivity contribution in [3.8, 4) is 5.75 Å². The van der Waals surface area contributed by atoms with Crippen LogP contribution in [0.2, 0.25) is 10.0 Å². The third-order valence-corrected chi connectivity index (χ3v) is 2.99. The lowest BCUT2D eigenvalue weighted by atomic mass is 10.1. The minimum atomic E-state index is 0.558. The van der Waals surface area contributed by atoms with E-state index in [2.05, 4.69) is 6.92 Å². The van der Waals surface area contributed by atoms with Crippen LogP contribution in [0.5, 0.6) is 5.75 Å². The van der Waals surface area contributed by atoms with Crippen molar-refractivity contribution in [1.82, 2.24) is 0 Å². The molecule has 0 aromatic heterocycles. The first-order valence-electron chi connectivity index (χ1n) is 5.99. The maximum absolute atomic E-state index is 6.13. The Labute approximate surface area is 113 Å². The fourth-order valence-corrected chi connectivity index (χ4v) is 2.23. The molecule has 0 spiro atoms. The smallest absolute Gasteiger partial charge is 0.141 e. The predicted molar refractivity (Wildman–Crippen MR) is 74.2 cm³/mol. The molecule has 0 radical (unpaired) electrons. The van der Waals surface area contributed by atoms with E-state index >= 15 is 0 Å². The third-order valence-electron chi connectivity index (χ3n) is 2.49. The van der Waals surface area contributed by atoms with Crippen LogP contribution in [0.1, 0.15) is 31.7 Å². The molecule has 2 nitrogen and oxygen atoms in total. The number of rotatable bonds is 7. The zero-order valence-electron chi connectivity index (χ0n) is 10.1. The van der Waals surface area contributed by atoms with E-state index in [-0.39, 0.29) is 0 Å². The van der Waals surface area contributed by atoms with Gasteiger partial charge in [-0.3, -0.25) is 0 Å². The summed E-state index contributed by atoms with van der Waals surface area (Å²) in [5.74, 6) is 0.734. The first-order chi connectivity index (χ1) is 8.19. The van der Waals surface area contributed by atoms with Gasteiger partial charge in [-0.1, -0.05) is 43.0 Å². The summed E-state index contributed by atoms with van der Waals surface area (Å²) >= 11 is 12.1. The Kier molecular flexibility index (Phi) is 6.71. The maximum atomic E-state index is 6.13. The van der Waals surface area contributed by atoms with Crippen molar-refractivity contribution in [2.24, 2.45) is 5.73 Å². The van der Waals surface area contributed by atoms with Gasteiger partial charge in [0.2, 0.25) is 0 Å². The van der Waals surface area contributed by atoms with E-state index in [1.807, 2.05) is 6.07 Å². The van der Waals surface area contributed by atoms with Gasteiger partial charge in [0.1, 0.15) is 5.75 Å². The molecule has 0 saturated heterocycles. The van der Waals surface area contributed by atoms with Gasteiger partial charge in [0.05, 0.1) is 11.6 Å². The van der Waals surface area contributed by atoms with Gasteiger partial charge in [-0.15, -0.1) is 0 Å². The predicted octanol–water partition coefficient (Wildman–Crippen LogP) is 4.06. The van der Waals surface area contributed by atoms with Gasteiger partial charge in [-0.2, -0.15) is 0 Å². The molecule has 0 heterocycles. The summed E-state index contributed by atoms with van der Waals surface area (Å²) in [5.41, 5.74) is 6.55. The minimum Gasteiger partial charge on any atom is -0.492 e. The highest BCUT2D eigenvalue weighted by molar-refractivity contribution is 6.35. The van der Waals surface area contributed by atoms with Gasteiger partial charge in [0, 0.05) is 5.02 Å². The van der Waals surface area contributed by atoms with Gasteiger partial charge in [0.25, 0.3) is 0 Å². The Morgan fingerprint density at radius 2 is 2.00 bits per heavy atom. The SMILES string of the molecule is CCCCCOc1c(Cl)cc(Cl)cc1CCN. The van der Waals surface area contributed by atoms with Crippen LogP contribution in [0.15, 0.2) is 12.1 Å². The average molecular weight is 276 g/mol. The van der Waals surface area contributed by atoms with Crippen LogP contribution in [-0.2, 0) is 6.42 Å². The van der Waals surface area contributed by atoms with E-state index in [0.717, 1.165) is 30.6 Å². The molecule has 1 aromatic rings.